The summed E-state index contributed by atoms with van der Waals surface area (Å²) >= 11 is 6.03. The van der Waals surface area contributed by atoms with Gasteiger partial charge in [0.2, 0.25) is 0 Å². The summed E-state index contributed by atoms with van der Waals surface area (Å²) in [5.41, 5.74) is 5.97. The van der Waals surface area contributed by atoms with Gasteiger partial charge in [-0.1, -0.05) is 35.9 Å². The smallest absolute Gasteiger partial charge is 0.304 e. The quantitative estimate of drug-likeness (QED) is 0.425. The van der Waals surface area contributed by atoms with E-state index in [1.54, 1.807) is 22.9 Å². The lowest BCUT2D eigenvalue weighted by Gasteiger charge is -2.10. The van der Waals surface area contributed by atoms with Crippen molar-refractivity contribution < 1.29 is 0 Å². The third kappa shape index (κ3) is 2.86. The Morgan fingerprint density at radius 3 is 2.57 bits per heavy atom. The number of pyridine rings is 1. The van der Waals surface area contributed by atoms with Crippen LogP contribution >= 0.6 is 11.6 Å². The van der Waals surface area contributed by atoms with Gasteiger partial charge in [-0.15, -0.1) is 0 Å². The summed E-state index contributed by atoms with van der Waals surface area (Å²) in [6, 6.07) is 21.1. The molecule has 0 saturated heterocycles. The zero-order chi connectivity index (χ0) is 20.8. The molecule has 0 unspecified atom stereocenters. The van der Waals surface area contributed by atoms with Crippen LogP contribution in [0.2, 0.25) is 5.02 Å². The highest BCUT2D eigenvalue weighted by molar-refractivity contribution is 6.30. The minimum Gasteiger partial charge on any atom is -0.304 e. The Hall–Kier alpha value is -3.88. The Labute approximate surface area is 176 Å². The maximum atomic E-state index is 12.9. The van der Waals surface area contributed by atoms with Crippen molar-refractivity contribution in [3.63, 3.8) is 0 Å². The van der Waals surface area contributed by atoms with E-state index in [1.807, 2.05) is 55.5 Å². The summed E-state index contributed by atoms with van der Waals surface area (Å²) in [5, 5.41) is 10.8. The van der Waals surface area contributed by atoms with E-state index in [1.165, 1.54) is 0 Å². The second-order valence-corrected chi connectivity index (χ2v) is 7.57. The molecule has 5 aromatic rings. The number of benzene rings is 3. The van der Waals surface area contributed by atoms with Crippen LogP contribution in [-0.2, 0) is 0 Å². The minimum absolute atomic E-state index is 0.269. The molecule has 0 spiro atoms. The van der Waals surface area contributed by atoms with Crippen LogP contribution in [0, 0.1) is 18.3 Å². The third-order valence-electron chi connectivity index (χ3n) is 5.26. The molecule has 30 heavy (non-hydrogen) atoms. The number of nitrogens with zero attached hydrogens (tertiary/aromatic N) is 3. The van der Waals surface area contributed by atoms with Crippen molar-refractivity contribution in [1.82, 2.24) is 14.5 Å². The molecular weight excluding hydrogens is 396 g/mol. The molecule has 0 aliphatic rings. The van der Waals surface area contributed by atoms with Gasteiger partial charge in [0.05, 0.1) is 40.1 Å². The second-order valence-electron chi connectivity index (χ2n) is 7.14. The van der Waals surface area contributed by atoms with Crippen LogP contribution in [0.15, 0.2) is 71.7 Å². The van der Waals surface area contributed by atoms with Crippen molar-refractivity contribution in [1.29, 1.82) is 5.26 Å². The number of aromatic nitrogens is 3. The molecule has 2 heterocycles. The van der Waals surface area contributed by atoms with E-state index >= 15 is 0 Å². The highest BCUT2D eigenvalue weighted by Gasteiger charge is 2.15. The number of fused-ring (bicyclic) bond motifs is 3. The average molecular weight is 411 g/mol. The monoisotopic (exact) mass is 410 g/mol. The molecular formula is C24H15ClN4O. The van der Waals surface area contributed by atoms with E-state index in [4.69, 9.17) is 11.6 Å². The van der Waals surface area contributed by atoms with Crippen LogP contribution in [-0.4, -0.2) is 14.5 Å². The molecule has 0 amide bonds. The molecule has 0 atom stereocenters. The molecule has 144 valence electrons. The van der Waals surface area contributed by atoms with Gasteiger partial charge in [0, 0.05) is 10.4 Å². The fraction of sp³-hybridized carbons (Fsp3) is 0.0417. The van der Waals surface area contributed by atoms with Crippen LogP contribution in [0.5, 0.6) is 0 Å². The van der Waals surface area contributed by atoms with Gasteiger partial charge in [-0.3, -0.25) is 9.55 Å². The maximum absolute atomic E-state index is 12.9. The number of aryl methyl sites for hydroxylation is 1. The Bertz CT molecular complexity index is 1540. The Morgan fingerprint density at radius 2 is 1.80 bits per heavy atom. The van der Waals surface area contributed by atoms with E-state index in [-0.39, 0.29) is 5.69 Å². The van der Waals surface area contributed by atoms with Gasteiger partial charge in [-0.05, 0) is 60.0 Å². The van der Waals surface area contributed by atoms with Crippen LogP contribution in [0.3, 0.4) is 0 Å². The summed E-state index contributed by atoms with van der Waals surface area (Å²) < 4.78 is 1.63. The van der Waals surface area contributed by atoms with E-state index in [0.29, 0.717) is 21.8 Å². The normalized spacial score (nSPS) is 11.1. The lowest BCUT2D eigenvalue weighted by Crippen LogP contribution is -2.15. The third-order valence-corrected chi connectivity index (χ3v) is 5.52. The van der Waals surface area contributed by atoms with Crippen molar-refractivity contribution in [2.45, 2.75) is 6.92 Å². The number of imidazole rings is 1. The molecule has 0 aliphatic heterocycles. The van der Waals surface area contributed by atoms with E-state index in [9.17, 15) is 10.1 Å². The number of nitrogens with one attached hydrogen (secondary N) is 1. The van der Waals surface area contributed by atoms with Crippen molar-refractivity contribution >= 4 is 33.5 Å². The van der Waals surface area contributed by atoms with Crippen molar-refractivity contribution in [2.24, 2.45) is 0 Å². The largest absolute Gasteiger partial charge is 0.331 e. The Balaban J connectivity index is 1.85. The summed E-state index contributed by atoms with van der Waals surface area (Å²) in [4.78, 5) is 20.3. The Morgan fingerprint density at radius 1 is 1.03 bits per heavy atom. The maximum Gasteiger partial charge on any atom is 0.331 e. The standard InChI is InChI=1S/C24H15ClN4O/c1-14-2-3-15(12-26)10-22(14)29-23-19-11-17(16-4-7-18(25)8-5-16)6-9-20(19)27-13-21(23)28-24(29)30/h2-11,13H,1H3,(H,28,30). The van der Waals surface area contributed by atoms with Gasteiger partial charge >= 0.3 is 5.69 Å². The molecule has 5 nitrogen and oxygen atoms in total. The summed E-state index contributed by atoms with van der Waals surface area (Å²) in [7, 11) is 0. The first-order valence-electron chi connectivity index (χ1n) is 9.36. The molecule has 3 aromatic carbocycles. The highest BCUT2D eigenvalue weighted by atomic mass is 35.5. The predicted octanol–water partition coefficient (Wildman–Crippen LogP) is 5.37. The molecule has 1 N–H and O–H groups in total. The first-order valence-corrected chi connectivity index (χ1v) is 9.73. The molecule has 6 heteroatoms. The zero-order valence-corrected chi connectivity index (χ0v) is 16.7. The van der Waals surface area contributed by atoms with Gasteiger partial charge in [-0.2, -0.15) is 5.26 Å². The Kier molecular flexibility index (Phi) is 4.16. The van der Waals surface area contributed by atoms with Crippen LogP contribution in [0.1, 0.15) is 11.1 Å². The van der Waals surface area contributed by atoms with Crippen LogP contribution in [0.25, 0.3) is 38.8 Å². The minimum atomic E-state index is -0.269. The van der Waals surface area contributed by atoms with E-state index in [0.717, 1.165) is 33.1 Å². The van der Waals surface area contributed by atoms with Crippen LogP contribution in [0.4, 0.5) is 0 Å². The number of hydrogen-bond donors (Lipinski definition) is 1. The lowest BCUT2D eigenvalue weighted by atomic mass is 10.0. The topological polar surface area (TPSA) is 74.5 Å². The van der Waals surface area contributed by atoms with E-state index in [2.05, 4.69) is 16.0 Å². The number of rotatable bonds is 2. The first kappa shape index (κ1) is 18.2. The number of halogens is 1. The number of hydrogen-bond acceptors (Lipinski definition) is 3. The second kappa shape index (κ2) is 6.87. The molecule has 0 radical (unpaired) electrons. The molecule has 0 saturated carbocycles. The average Bonchev–Trinajstić information content (AvgIpc) is 3.10. The van der Waals surface area contributed by atoms with Crippen molar-refractivity contribution in [3.05, 3.63) is 93.5 Å². The van der Waals surface area contributed by atoms with Crippen molar-refractivity contribution in [2.75, 3.05) is 0 Å². The number of H-pyrrole nitrogens is 1. The fourth-order valence-corrected chi connectivity index (χ4v) is 3.88. The molecule has 0 aliphatic carbocycles. The van der Waals surface area contributed by atoms with E-state index < -0.39 is 0 Å². The zero-order valence-electron chi connectivity index (χ0n) is 16.0. The highest BCUT2D eigenvalue weighted by Crippen LogP contribution is 2.30. The summed E-state index contributed by atoms with van der Waals surface area (Å²) in [6.45, 7) is 1.92. The molecule has 0 bridgehead atoms. The van der Waals surface area contributed by atoms with Gasteiger partial charge < -0.3 is 4.98 Å². The summed E-state index contributed by atoms with van der Waals surface area (Å²) in [6.07, 6.45) is 1.67. The van der Waals surface area contributed by atoms with Gasteiger partial charge in [-0.25, -0.2) is 4.79 Å². The molecule has 0 fully saturated rings. The van der Waals surface area contributed by atoms with Crippen molar-refractivity contribution in [3.8, 4) is 22.9 Å². The molecule has 5 rings (SSSR count). The molecule has 2 aromatic heterocycles. The SMILES string of the molecule is Cc1ccc(C#N)cc1-n1c(=O)[nH]c2cnc3ccc(-c4ccc(Cl)cc4)cc3c21. The van der Waals surface area contributed by atoms with Crippen LogP contribution < -0.4 is 5.69 Å². The fourth-order valence-electron chi connectivity index (χ4n) is 3.76. The van der Waals surface area contributed by atoms with Gasteiger partial charge in [0.15, 0.2) is 0 Å². The van der Waals surface area contributed by atoms with Gasteiger partial charge in [0.1, 0.15) is 0 Å². The summed E-state index contributed by atoms with van der Waals surface area (Å²) in [5.74, 6) is 0. The van der Waals surface area contributed by atoms with Gasteiger partial charge in [0.25, 0.3) is 0 Å². The predicted molar refractivity (Wildman–Crippen MR) is 119 cm³/mol. The lowest BCUT2D eigenvalue weighted by molar-refractivity contribution is 1.00. The number of nitriles is 1. The number of aromatic amines is 1. The first-order chi connectivity index (χ1) is 14.5.